The van der Waals surface area contributed by atoms with E-state index in [1.807, 2.05) is 61.5 Å². The van der Waals surface area contributed by atoms with E-state index in [-0.39, 0.29) is 24.6 Å². The lowest BCUT2D eigenvalue weighted by Gasteiger charge is -2.39. The number of ether oxygens (including phenoxy) is 1. The number of nitrogens with zero attached hydrogens (tertiary/aromatic N) is 1. The highest BCUT2D eigenvalue weighted by molar-refractivity contribution is 7.89. The average molecular weight is 489 g/mol. The number of benzene rings is 3. The van der Waals surface area contributed by atoms with Crippen molar-refractivity contribution >= 4 is 15.7 Å². The number of aliphatic hydroxyl groups excluding tert-OH is 1. The number of nitrogens with one attached hydrogen (secondary N) is 1. The number of hydrogen-bond donors (Lipinski definition) is 2. The lowest BCUT2D eigenvalue weighted by Crippen LogP contribution is -2.43. The Labute approximate surface area is 206 Å². The molecule has 0 aromatic heterocycles. The minimum atomic E-state index is -3.71. The van der Waals surface area contributed by atoms with Crippen molar-refractivity contribution in [3.8, 4) is 17.6 Å². The van der Waals surface area contributed by atoms with Gasteiger partial charge in [-0.05, 0) is 73.0 Å². The number of rotatable bonds is 4. The fourth-order valence-electron chi connectivity index (χ4n) is 5.16. The first-order valence-corrected chi connectivity index (χ1v) is 13.1. The molecular weight excluding hydrogens is 460 g/mol. The molecule has 1 fully saturated rings. The number of hydrogen-bond acceptors (Lipinski definition) is 5. The van der Waals surface area contributed by atoms with Crippen molar-refractivity contribution in [1.82, 2.24) is 4.31 Å². The highest BCUT2D eigenvalue weighted by Gasteiger charge is 2.48. The Balaban J connectivity index is 1.54. The average Bonchev–Trinajstić information content (AvgIpc) is 3.34. The summed E-state index contributed by atoms with van der Waals surface area (Å²) >= 11 is 0. The predicted octanol–water partition coefficient (Wildman–Crippen LogP) is 3.94. The smallest absolute Gasteiger partial charge is 0.243 e. The van der Waals surface area contributed by atoms with Gasteiger partial charge in [0.15, 0.2) is 0 Å². The number of aliphatic hydroxyl groups is 1. The summed E-state index contributed by atoms with van der Waals surface area (Å²) in [5, 5.41) is 13.5. The first-order chi connectivity index (χ1) is 16.9. The maximum absolute atomic E-state index is 13.8. The number of fused-ring (bicyclic) bond motifs is 3. The summed E-state index contributed by atoms with van der Waals surface area (Å²) in [6, 6.07) is 19.9. The van der Waals surface area contributed by atoms with Crippen molar-refractivity contribution < 1.29 is 18.3 Å². The molecule has 7 heteroatoms. The van der Waals surface area contributed by atoms with Crippen LogP contribution in [0.4, 0.5) is 5.69 Å². The minimum Gasteiger partial charge on any atom is -0.497 e. The van der Waals surface area contributed by atoms with Crippen LogP contribution in [0.3, 0.4) is 0 Å². The van der Waals surface area contributed by atoms with E-state index in [9.17, 15) is 13.5 Å². The van der Waals surface area contributed by atoms with Crippen LogP contribution in [0.5, 0.6) is 5.75 Å². The van der Waals surface area contributed by atoms with E-state index in [1.165, 1.54) is 0 Å². The molecule has 0 saturated carbocycles. The Morgan fingerprint density at radius 3 is 2.49 bits per heavy atom. The van der Waals surface area contributed by atoms with Crippen LogP contribution in [0, 0.1) is 24.7 Å². The maximum atomic E-state index is 13.8. The van der Waals surface area contributed by atoms with E-state index >= 15 is 0 Å². The zero-order chi connectivity index (χ0) is 24.6. The molecule has 180 valence electrons. The second-order valence-electron chi connectivity index (χ2n) is 8.99. The largest absolute Gasteiger partial charge is 0.497 e. The third kappa shape index (κ3) is 4.30. The summed E-state index contributed by atoms with van der Waals surface area (Å²) in [7, 11) is -2.09. The summed E-state index contributed by atoms with van der Waals surface area (Å²) in [4.78, 5) is 0.330. The van der Waals surface area contributed by atoms with Crippen LogP contribution in [-0.2, 0) is 10.0 Å². The Morgan fingerprint density at radius 1 is 1.06 bits per heavy atom. The van der Waals surface area contributed by atoms with Crippen LogP contribution in [0.2, 0.25) is 0 Å². The van der Waals surface area contributed by atoms with Crippen LogP contribution in [0.15, 0.2) is 71.6 Å². The molecule has 3 aromatic carbocycles. The molecule has 1 saturated heterocycles. The lowest BCUT2D eigenvalue weighted by molar-refractivity contribution is 0.210. The molecule has 35 heavy (non-hydrogen) atoms. The molecule has 2 heterocycles. The molecule has 0 unspecified atom stereocenters. The van der Waals surface area contributed by atoms with Gasteiger partial charge >= 0.3 is 0 Å². The molecule has 5 rings (SSSR count). The number of methoxy groups -OCH3 is 1. The topological polar surface area (TPSA) is 78.9 Å². The monoisotopic (exact) mass is 488 g/mol. The van der Waals surface area contributed by atoms with E-state index < -0.39 is 10.0 Å². The van der Waals surface area contributed by atoms with Crippen molar-refractivity contribution in [1.29, 1.82) is 0 Å². The van der Waals surface area contributed by atoms with Crippen LogP contribution in [-0.4, -0.2) is 44.1 Å². The highest BCUT2D eigenvalue weighted by atomic mass is 32.2. The molecule has 0 amide bonds. The van der Waals surface area contributed by atoms with Gasteiger partial charge in [0.25, 0.3) is 0 Å². The van der Waals surface area contributed by atoms with Gasteiger partial charge in [0.05, 0.1) is 30.7 Å². The van der Waals surface area contributed by atoms with Crippen molar-refractivity contribution in [2.75, 3.05) is 25.6 Å². The van der Waals surface area contributed by atoms with Gasteiger partial charge < -0.3 is 15.2 Å². The van der Waals surface area contributed by atoms with Crippen LogP contribution in [0.1, 0.15) is 34.7 Å². The number of aryl methyl sites for hydroxylation is 1. The summed E-state index contributed by atoms with van der Waals surface area (Å²) in [5.41, 5.74) is 4.14. The predicted molar refractivity (Wildman–Crippen MR) is 136 cm³/mol. The molecule has 2 aliphatic heterocycles. The van der Waals surface area contributed by atoms with Crippen LogP contribution in [0.25, 0.3) is 0 Å². The fourth-order valence-corrected chi connectivity index (χ4v) is 7.05. The van der Waals surface area contributed by atoms with E-state index in [2.05, 4.69) is 17.2 Å². The zero-order valence-electron chi connectivity index (χ0n) is 19.7. The van der Waals surface area contributed by atoms with Gasteiger partial charge in [-0.15, -0.1) is 0 Å². The first kappa shape index (κ1) is 23.4. The zero-order valence-corrected chi connectivity index (χ0v) is 20.5. The lowest BCUT2D eigenvalue weighted by atomic mass is 9.83. The quantitative estimate of drug-likeness (QED) is 0.544. The normalized spacial score (nSPS) is 21.3. The maximum Gasteiger partial charge on any atom is 0.243 e. The Bertz CT molecular complexity index is 1410. The van der Waals surface area contributed by atoms with E-state index in [4.69, 9.17) is 4.74 Å². The third-order valence-corrected chi connectivity index (χ3v) is 8.99. The molecule has 6 nitrogen and oxygen atoms in total. The molecule has 0 aliphatic carbocycles. The van der Waals surface area contributed by atoms with Gasteiger partial charge in [-0.2, -0.15) is 4.31 Å². The molecule has 2 aliphatic rings. The Morgan fingerprint density at radius 2 is 1.77 bits per heavy atom. The van der Waals surface area contributed by atoms with Gasteiger partial charge in [0.2, 0.25) is 10.0 Å². The van der Waals surface area contributed by atoms with E-state index in [0.29, 0.717) is 17.9 Å². The SMILES string of the molecule is COc1ccc(C#Cc2ccc3c(c2)[C@H]2[C@H](CCN2S(=O)(=O)c2ccccc2C)[C@H](CO)N3)cc1. The molecule has 0 radical (unpaired) electrons. The molecule has 3 aromatic rings. The van der Waals surface area contributed by atoms with Gasteiger partial charge in [-0.25, -0.2) is 8.42 Å². The van der Waals surface area contributed by atoms with Crippen molar-refractivity contribution in [3.05, 3.63) is 89.0 Å². The number of sulfonamides is 1. The van der Waals surface area contributed by atoms with Crippen molar-refractivity contribution in [2.45, 2.75) is 30.3 Å². The summed E-state index contributed by atoms with van der Waals surface area (Å²) in [5.74, 6) is 7.13. The summed E-state index contributed by atoms with van der Waals surface area (Å²) < 4.78 is 34.4. The van der Waals surface area contributed by atoms with E-state index in [1.54, 1.807) is 23.5 Å². The summed E-state index contributed by atoms with van der Waals surface area (Å²) in [6.45, 7) is 2.17. The fraction of sp³-hybridized carbons (Fsp3) is 0.286. The molecule has 2 N–H and O–H groups in total. The Hall–Kier alpha value is -3.31. The standard InChI is InChI=1S/C28H28N2O4S/c1-19-5-3-4-6-27(19)35(32,33)30-16-15-23-26(18-31)29-25-14-11-21(17-24(25)28(23)30)8-7-20-9-12-22(34-2)13-10-20/h3-6,9-14,17,23,26,28-29,31H,15-16,18H2,1-2H3/t23-,26+,28-/m1/s1. The van der Waals surface area contributed by atoms with Crippen molar-refractivity contribution in [3.63, 3.8) is 0 Å². The third-order valence-electron chi connectivity index (χ3n) is 6.94. The molecular formula is C28H28N2O4S. The van der Waals surface area contributed by atoms with Crippen LogP contribution < -0.4 is 10.1 Å². The van der Waals surface area contributed by atoms with Gasteiger partial charge in [-0.3, -0.25) is 0 Å². The second-order valence-corrected chi connectivity index (χ2v) is 10.9. The van der Waals surface area contributed by atoms with E-state index in [0.717, 1.165) is 33.7 Å². The molecule has 0 spiro atoms. The second kappa shape index (κ2) is 9.38. The molecule has 3 atom stereocenters. The minimum absolute atomic E-state index is 0.0314. The highest BCUT2D eigenvalue weighted by Crippen LogP contribution is 2.48. The van der Waals surface area contributed by atoms with Gasteiger partial charge in [0.1, 0.15) is 5.75 Å². The first-order valence-electron chi connectivity index (χ1n) is 11.7. The van der Waals surface area contributed by atoms with Gasteiger partial charge in [0, 0.05) is 29.3 Å². The Kier molecular flexibility index (Phi) is 6.28. The van der Waals surface area contributed by atoms with Gasteiger partial charge in [-0.1, -0.05) is 30.0 Å². The van der Waals surface area contributed by atoms with Crippen molar-refractivity contribution in [2.24, 2.45) is 5.92 Å². The number of anilines is 1. The van der Waals surface area contributed by atoms with Crippen LogP contribution >= 0.6 is 0 Å². The molecule has 0 bridgehead atoms. The summed E-state index contributed by atoms with van der Waals surface area (Å²) in [6.07, 6.45) is 0.676.